The maximum atomic E-state index is 11.8. The van der Waals surface area contributed by atoms with Crippen LogP contribution in [0, 0.1) is 0 Å². The quantitative estimate of drug-likeness (QED) is 0.455. The molecule has 3 aromatic carbocycles. The smallest absolute Gasteiger partial charge is 0.163 e. The van der Waals surface area contributed by atoms with Crippen LogP contribution < -0.4 is 4.74 Å². The molecule has 5 rings (SSSR count). The van der Waals surface area contributed by atoms with Gasteiger partial charge in [0.15, 0.2) is 11.6 Å². The van der Waals surface area contributed by atoms with Crippen LogP contribution in [0.25, 0.3) is 0 Å². The highest BCUT2D eigenvalue weighted by molar-refractivity contribution is 9.10. The number of phenols is 1. The molecule has 2 aliphatic rings. The summed E-state index contributed by atoms with van der Waals surface area (Å²) >= 11 is 3.42. The number of Topliss-reactive ketones (excluding diaryl/α,β-unsaturated/α-hetero) is 2. The topological polar surface area (TPSA) is 63.6 Å². The van der Waals surface area contributed by atoms with Crippen LogP contribution in [0.15, 0.2) is 65.1 Å². The lowest BCUT2D eigenvalue weighted by atomic mass is 9.90. The Morgan fingerprint density at radius 1 is 0.750 bits per heavy atom. The Bertz CT molecular complexity index is 1130. The minimum atomic E-state index is 0.205. The van der Waals surface area contributed by atoms with Crippen LogP contribution in [-0.2, 0) is 19.4 Å². The summed E-state index contributed by atoms with van der Waals surface area (Å²) in [6, 6.07) is 18.8. The molecule has 5 heteroatoms. The molecule has 164 valence electrons. The number of hydrogen-bond acceptors (Lipinski definition) is 4. The Balaban J connectivity index is 0.000000174. The van der Waals surface area contributed by atoms with E-state index in [-0.39, 0.29) is 17.3 Å². The van der Waals surface area contributed by atoms with Gasteiger partial charge in [-0.25, -0.2) is 0 Å². The lowest BCUT2D eigenvalue weighted by molar-refractivity contribution is 0.0964. The molecule has 0 radical (unpaired) electrons. The van der Waals surface area contributed by atoms with Crippen LogP contribution in [0.1, 0.15) is 63.1 Å². The van der Waals surface area contributed by atoms with E-state index >= 15 is 0 Å². The maximum Gasteiger partial charge on any atom is 0.163 e. The Morgan fingerprint density at radius 2 is 1.34 bits per heavy atom. The number of aromatic hydroxyl groups is 1. The molecule has 0 saturated carbocycles. The fourth-order valence-electron chi connectivity index (χ4n) is 4.09. The summed E-state index contributed by atoms with van der Waals surface area (Å²) in [5.41, 5.74) is 4.90. The molecule has 0 aromatic heterocycles. The summed E-state index contributed by atoms with van der Waals surface area (Å²) in [6.45, 7) is 0.542. The normalized spacial score (nSPS) is 14.7. The van der Waals surface area contributed by atoms with Crippen molar-refractivity contribution in [2.75, 3.05) is 0 Å². The van der Waals surface area contributed by atoms with Gasteiger partial charge in [-0.3, -0.25) is 9.59 Å². The molecular weight excluding hydrogens is 468 g/mol. The van der Waals surface area contributed by atoms with E-state index in [1.54, 1.807) is 18.2 Å². The first-order chi connectivity index (χ1) is 15.5. The van der Waals surface area contributed by atoms with Gasteiger partial charge in [-0.05, 0) is 90.9 Å². The van der Waals surface area contributed by atoms with Crippen LogP contribution in [0.4, 0.5) is 0 Å². The number of aryl methyl sites for hydroxylation is 2. The summed E-state index contributed by atoms with van der Waals surface area (Å²) in [4.78, 5) is 23.1. The van der Waals surface area contributed by atoms with E-state index < -0.39 is 0 Å². The first-order valence-electron chi connectivity index (χ1n) is 10.9. The van der Waals surface area contributed by atoms with E-state index in [0.29, 0.717) is 19.4 Å². The van der Waals surface area contributed by atoms with Crippen molar-refractivity contribution in [3.8, 4) is 11.5 Å². The number of carbonyl (C=O) groups is 2. The van der Waals surface area contributed by atoms with Gasteiger partial charge in [-0.1, -0.05) is 28.1 Å². The zero-order chi connectivity index (χ0) is 22.5. The molecule has 0 bridgehead atoms. The molecule has 0 atom stereocenters. The number of benzene rings is 3. The lowest BCUT2D eigenvalue weighted by Crippen LogP contribution is -2.10. The van der Waals surface area contributed by atoms with E-state index in [1.807, 2.05) is 42.5 Å². The summed E-state index contributed by atoms with van der Waals surface area (Å²) in [5.74, 6) is 1.55. The summed E-state index contributed by atoms with van der Waals surface area (Å²) in [7, 11) is 0. The van der Waals surface area contributed by atoms with Crippen LogP contribution in [0.2, 0.25) is 0 Å². The Kier molecular flexibility index (Phi) is 7.05. The second-order valence-corrected chi connectivity index (χ2v) is 9.04. The summed E-state index contributed by atoms with van der Waals surface area (Å²) in [5, 5.41) is 9.16. The largest absolute Gasteiger partial charge is 0.508 e. The van der Waals surface area contributed by atoms with Gasteiger partial charge in [0.25, 0.3) is 0 Å². The molecule has 0 fully saturated rings. The third-order valence-electron chi connectivity index (χ3n) is 5.79. The highest BCUT2D eigenvalue weighted by Crippen LogP contribution is 2.26. The predicted octanol–water partition coefficient (Wildman–Crippen LogP) is 6.46. The number of hydrogen-bond donors (Lipinski definition) is 1. The Morgan fingerprint density at radius 3 is 2.00 bits per heavy atom. The SMILES string of the molecule is O=C1CCCc2cc(O)ccc21.O=C1CCCc2cc(OCc3ccc(Br)cc3)ccc21. The minimum Gasteiger partial charge on any atom is -0.508 e. The first-order valence-corrected chi connectivity index (χ1v) is 11.7. The highest BCUT2D eigenvalue weighted by Gasteiger charge is 2.18. The van der Waals surface area contributed by atoms with Gasteiger partial charge in [0.05, 0.1) is 0 Å². The standard InChI is InChI=1S/C17H15BrO2.C10H10O2/c18-14-6-4-12(5-7-14)11-20-15-8-9-16-13(10-15)2-1-3-17(16)19;11-8-4-5-9-7(6-8)2-1-3-10(9)12/h4-10H,1-3,11H2;4-6,11H,1-3H2. The van der Waals surface area contributed by atoms with Gasteiger partial charge >= 0.3 is 0 Å². The molecule has 0 saturated heterocycles. The fraction of sp³-hybridized carbons (Fsp3) is 0.259. The number of phenolic OH excluding ortho intramolecular Hbond substituents is 1. The van der Waals surface area contributed by atoms with Crippen LogP contribution in [-0.4, -0.2) is 16.7 Å². The third kappa shape index (κ3) is 5.46. The van der Waals surface area contributed by atoms with Crippen LogP contribution in [0.5, 0.6) is 11.5 Å². The molecule has 0 heterocycles. The third-order valence-corrected chi connectivity index (χ3v) is 6.31. The summed E-state index contributed by atoms with van der Waals surface area (Å²) < 4.78 is 6.87. The van der Waals surface area contributed by atoms with Gasteiger partial charge in [0, 0.05) is 28.4 Å². The van der Waals surface area contributed by atoms with E-state index in [2.05, 4.69) is 15.9 Å². The molecule has 1 N–H and O–H groups in total. The first kappa shape index (κ1) is 22.3. The number of ether oxygens (including phenoxy) is 1. The van der Waals surface area contributed by atoms with Crippen molar-refractivity contribution in [3.05, 3.63) is 93.0 Å². The maximum absolute atomic E-state index is 11.8. The van der Waals surface area contributed by atoms with E-state index in [4.69, 9.17) is 9.84 Å². The number of carbonyl (C=O) groups excluding carboxylic acids is 2. The van der Waals surface area contributed by atoms with Crippen LogP contribution in [0.3, 0.4) is 0 Å². The molecule has 0 aliphatic heterocycles. The van der Waals surface area contributed by atoms with Crippen LogP contribution >= 0.6 is 15.9 Å². The molecule has 3 aromatic rings. The van der Waals surface area contributed by atoms with E-state index in [0.717, 1.165) is 63.7 Å². The predicted molar refractivity (Wildman–Crippen MR) is 128 cm³/mol. The van der Waals surface area contributed by atoms with Crippen molar-refractivity contribution < 1.29 is 19.4 Å². The van der Waals surface area contributed by atoms with Crippen molar-refractivity contribution in [1.29, 1.82) is 0 Å². The average molecular weight is 493 g/mol. The summed E-state index contributed by atoms with van der Waals surface area (Å²) in [6.07, 6.45) is 5.06. The molecule has 0 spiro atoms. The fourth-order valence-corrected chi connectivity index (χ4v) is 4.36. The van der Waals surface area contributed by atoms with E-state index in [1.165, 1.54) is 0 Å². The van der Waals surface area contributed by atoms with Gasteiger partial charge in [0.1, 0.15) is 18.1 Å². The molecule has 32 heavy (non-hydrogen) atoms. The van der Waals surface area contributed by atoms with Gasteiger partial charge < -0.3 is 9.84 Å². The Hall–Kier alpha value is -2.92. The molecule has 4 nitrogen and oxygen atoms in total. The zero-order valence-corrected chi connectivity index (χ0v) is 19.4. The number of halogens is 1. The monoisotopic (exact) mass is 492 g/mol. The molecular formula is C27H25BrO4. The zero-order valence-electron chi connectivity index (χ0n) is 17.8. The van der Waals surface area contributed by atoms with Crippen molar-refractivity contribution in [3.63, 3.8) is 0 Å². The second-order valence-electron chi connectivity index (χ2n) is 8.13. The van der Waals surface area contributed by atoms with Crippen molar-refractivity contribution in [1.82, 2.24) is 0 Å². The number of fused-ring (bicyclic) bond motifs is 2. The van der Waals surface area contributed by atoms with E-state index in [9.17, 15) is 9.59 Å². The number of rotatable bonds is 3. The highest BCUT2D eigenvalue weighted by atomic mass is 79.9. The van der Waals surface area contributed by atoms with Crippen molar-refractivity contribution >= 4 is 27.5 Å². The van der Waals surface area contributed by atoms with Gasteiger partial charge in [-0.15, -0.1) is 0 Å². The second kappa shape index (κ2) is 10.1. The molecule has 2 aliphatic carbocycles. The van der Waals surface area contributed by atoms with Gasteiger partial charge in [-0.2, -0.15) is 0 Å². The van der Waals surface area contributed by atoms with Crippen molar-refractivity contribution in [2.24, 2.45) is 0 Å². The van der Waals surface area contributed by atoms with Gasteiger partial charge in [0.2, 0.25) is 0 Å². The lowest BCUT2D eigenvalue weighted by Gasteiger charge is -2.16. The minimum absolute atomic E-state index is 0.205. The average Bonchev–Trinajstić information content (AvgIpc) is 2.79. The number of ketones is 2. The molecule has 0 unspecified atom stereocenters. The van der Waals surface area contributed by atoms with Crippen molar-refractivity contribution in [2.45, 2.75) is 45.1 Å². The molecule has 0 amide bonds. The Labute approximate surface area is 196 Å².